The van der Waals surface area contributed by atoms with Crippen LogP contribution in [-0.4, -0.2) is 63.6 Å². The van der Waals surface area contributed by atoms with Crippen LogP contribution >= 0.6 is 0 Å². The van der Waals surface area contributed by atoms with E-state index in [-0.39, 0.29) is 11.6 Å². The summed E-state index contributed by atoms with van der Waals surface area (Å²) in [6, 6.07) is 2.33. The summed E-state index contributed by atoms with van der Waals surface area (Å²) >= 11 is 0. The van der Waals surface area contributed by atoms with Gasteiger partial charge in [-0.15, -0.1) is 0 Å². The minimum atomic E-state index is -0.821. The van der Waals surface area contributed by atoms with E-state index in [0.29, 0.717) is 48.1 Å². The molecule has 0 aliphatic carbocycles. The van der Waals surface area contributed by atoms with E-state index in [1.54, 1.807) is 60.0 Å². The molecule has 0 aromatic carbocycles. The van der Waals surface area contributed by atoms with Crippen LogP contribution in [0.3, 0.4) is 0 Å². The third kappa shape index (κ3) is 5.52. The zero-order valence-electron chi connectivity index (χ0n) is 22.1. The molecule has 10 heteroatoms. The molecule has 2 atom stereocenters. The second-order valence-electron chi connectivity index (χ2n) is 11.4. The summed E-state index contributed by atoms with van der Waals surface area (Å²) in [6.07, 6.45) is 3.94. The first-order valence-corrected chi connectivity index (χ1v) is 12.5. The standard InChI is InChI=1S/C27H34N4O6/c1-26(2,3)36-24(34)21-16(19(15-8-7-12-28-14-15)17-11-13-29-22(17)32)9-10-18-20(23(33)31(18)21)30-25(35)37-27(4,5)6/h7-8,12,14,18,20H,9-11,13H2,1-6H3,(H,29,32)(H,30,35)/t18-,20+/m1/s1. The molecule has 0 spiro atoms. The highest BCUT2D eigenvalue weighted by Gasteiger charge is 2.55. The largest absolute Gasteiger partial charge is 0.455 e. The predicted molar refractivity (Wildman–Crippen MR) is 135 cm³/mol. The molecule has 198 valence electrons. The summed E-state index contributed by atoms with van der Waals surface area (Å²) in [5.74, 6) is -1.30. The van der Waals surface area contributed by atoms with Crippen molar-refractivity contribution in [2.45, 2.75) is 84.1 Å². The third-order valence-corrected chi connectivity index (χ3v) is 6.19. The number of fused-ring (bicyclic) bond motifs is 1. The second kappa shape index (κ2) is 9.64. The molecule has 2 N–H and O–H groups in total. The first kappa shape index (κ1) is 26.4. The molecule has 3 aliphatic heterocycles. The number of esters is 1. The first-order valence-electron chi connectivity index (χ1n) is 12.5. The van der Waals surface area contributed by atoms with E-state index in [9.17, 15) is 19.2 Å². The van der Waals surface area contributed by atoms with Crippen LogP contribution in [0.15, 0.2) is 41.4 Å². The summed E-state index contributed by atoms with van der Waals surface area (Å²) in [7, 11) is 0. The van der Waals surface area contributed by atoms with Crippen LogP contribution in [0.2, 0.25) is 0 Å². The molecule has 0 unspecified atom stereocenters. The molecule has 10 nitrogen and oxygen atoms in total. The number of aromatic nitrogens is 1. The molecule has 1 aromatic heterocycles. The van der Waals surface area contributed by atoms with Crippen LogP contribution in [0.25, 0.3) is 5.57 Å². The lowest BCUT2D eigenvalue weighted by molar-refractivity contribution is -0.161. The number of nitrogens with one attached hydrogen (secondary N) is 2. The Morgan fingerprint density at radius 3 is 2.35 bits per heavy atom. The summed E-state index contributed by atoms with van der Waals surface area (Å²) in [6.45, 7) is 11.0. The van der Waals surface area contributed by atoms with Crippen LogP contribution < -0.4 is 10.6 Å². The number of nitrogens with zero attached hydrogens (tertiary/aromatic N) is 2. The molecule has 4 heterocycles. The van der Waals surface area contributed by atoms with E-state index in [1.807, 2.05) is 6.07 Å². The lowest BCUT2D eigenvalue weighted by Crippen LogP contribution is -2.72. The molecule has 0 bridgehead atoms. The molecule has 4 rings (SSSR count). The number of allylic oxidation sites excluding steroid dienone is 2. The summed E-state index contributed by atoms with van der Waals surface area (Å²) in [4.78, 5) is 57.7. The molecule has 37 heavy (non-hydrogen) atoms. The molecule has 3 aliphatic rings. The number of hydrogen-bond donors (Lipinski definition) is 2. The van der Waals surface area contributed by atoms with Crippen molar-refractivity contribution in [2.24, 2.45) is 0 Å². The van der Waals surface area contributed by atoms with Crippen molar-refractivity contribution in [1.29, 1.82) is 0 Å². The fourth-order valence-electron chi connectivity index (χ4n) is 4.86. The molecule has 0 radical (unpaired) electrons. The Labute approximate surface area is 216 Å². The molecular weight excluding hydrogens is 476 g/mol. The van der Waals surface area contributed by atoms with Crippen molar-refractivity contribution in [3.8, 4) is 0 Å². The number of pyridine rings is 1. The van der Waals surface area contributed by atoms with E-state index in [1.165, 1.54) is 4.90 Å². The molecule has 3 amide bonds. The first-order chi connectivity index (χ1) is 17.3. The summed E-state index contributed by atoms with van der Waals surface area (Å²) in [5, 5.41) is 5.49. The lowest BCUT2D eigenvalue weighted by Gasteiger charge is -2.50. The smallest absolute Gasteiger partial charge is 0.408 e. The maximum Gasteiger partial charge on any atom is 0.408 e. The SMILES string of the molecule is CC(C)(C)OC(=O)N[C@@H]1C(=O)N2C(C(=O)OC(C)(C)C)=C(C(=C3CCNC3=O)c3cccnc3)CC[C@H]12. The number of carbonyl (C=O) groups excluding carboxylic acids is 4. The highest BCUT2D eigenvalue weighted by molar-refractivity contribution is 6.10. The van der Waals surface area contributed by atoms with Gasteiger partial charge >= 0.3 is 12.1 Å². The molecule has 1 aromatic rings. The quantitative estimate of drug-likeness (QED) is 0.362. The number of β-lactam (4-membered cyclic amide) rings is 1. The molecule has 2 fully saturated rings. The van der Waals surface area contributed by atoms with Crippen LogP contribution in [-0.2, 0) is 23.9 Å². The topological polar surface area (TPSA) is 127 Å². The lowest BCUT2D eigenvalue weighted by atomic mass is 9.79. The van der Waals surface area contributed by atoms with Crippen molar-refractivity contribution in [3.05, 3.63) is 46.9 Å². The van der Waals surface area contributed by atoms with E-state index in [4.69, 9.17) is 9.47 Å². The van der Waals surface area contributed by atoms with Gasteiger partial charge < -0.3 is 20.1 Å². The van der Waals surface area contributed by atoms with Crippen LogP contribution in [0.4, 0.5) is 4.79 Å². The van der Waals surface area contributed by atoms with E-state index in [2.05, 4.69) is 15.6 Å². The fourth-order valence-corrected chi connectivity index (χ4v) is 4.86. The number of ether oxygens (including phenoxy) is 2. The third-order valence-electron chi connectivity index (χ3n) is 6.19. The minimum absolute atomic E-state index is 0.101. The van der Waals surface area contributed by atoms with Crippen LogP contribution in [0.1, 0.15) is 66.4 Å². The Bertz CT molecular complexity index is 1190. The Morgan fingerprint density at radius 1 is 1.08 bits per heavy atom. The van der Waals surface area contributed by atoms with Gasteiger partial charge in [0, 0.05) is 30.1 Å². The highest BCUT2D eigenvalue weighted by atomic mass is 16.6. The van der Waals surface area contributed by atoms with Crippen molar-refractivity contribution in [2.75, 3.05) is 6.54 Å². The maximum absolute atomic E-state index is 13.6. The number of amides is 3. The fraction of sp³-hybridized carbons (Fsp3) is 0.519. The second-order valence-corrected chi connectivity index (χ2v) is 11.4. The summed E-state index contributed by atoms with van der Waals surface area (Å²) in [5.41, 5.74) is 0.957. The van der Waals surface area contributed by atoms with E-state index < -0.39 is 41.3 Å². The van der Waals surface area contributed by atoms with Gasteiger partial charge in [-0.05, 0) is 78.0 Å². The summed E-state index contributed by atoms with van der Waals surface area (Å²) < 4.78 is 11.1. The van der Waals surface area contributed by atoms with Gasteiger partial charge in [0.25, 0.3) is 5.91 Å². The van der Waals surface area contributed by atoms with Gasteiger partial charge in [-0.1, -0.05) is 6.07 Å². The van der Waals surface area contributed by atoms with Crippen LogP contribution in [0.5, 0.6) is 0 Å². The van der Waals surface area contributed by atoms with Gasteiger partial charge in [-0.3, -0.25) is 19.5 Å². The van der Waals surface area contributed by atoms with Gasteiger partial charge in [-0.25, -0.2) is 9.59 Å². The highest BCUT2D eigenvalue weighted by Crippen LogP contribution is 2.44. The van der Waals surface area contributed by atoms with E-state index in [0.717, 1.165) is 0 Å². The Balaban J connectivity index is 1.79. The number of hydrogen-bond acceptors (Lipinski definition) is 7. The monoisotopic (exact) mass is 510 g/mol. The number of alkyl carbamates (subject to hydrolysis) is 1. The minimum Gasteiger partial charge on any atom is -0.455 e. The average molecular weight is 511 g/mol. The van der Waals surface area contributed by atoms with Crippen molar-refractivity contribution < 1.29 is 28.7 Å². The van der Waals surface area contributed by atoms with Gasteiger partial charge in [-0.2, -0.15) is 0 Å². The van der Waals surface area contributed by atoms with Gasteiger partial charge in [0.05, 0.1) is 6.04 Å². The van der Waals surface area contributed by atoms with Gasteiger partial charge in [0.1, 0.15) is 22.9 Å². The normalized spacial score (nSPS) is 23.1. The van der Waals surface area contributed by atoms with Crippen molar-refractivity contribution in [1.82, 2.24) is 20.5 Å². The van der Waals surface area contributed by atoms with Crippen LogP contribution in [0, 0.1) is 0 Å². The average Bonchev–Trinajstić information content (AvgIpc) is 3.21. The maximum atomic E-state index is 13.6. The van der Waals surface area contributed by atoms with Gasteiger partial charge in [0.15, 0.2) is 0 Å². The van der Waals surface area contributed by atoms with Gasteiger partial charge in [0.2, 0.25) is 5.91 Å². The molecule has 0 saturated carbocycles. The predicted octanol–water partition coefficient (Wildman–Crippen LogP) is 2.85. The van der Waals surface area contributed by atoms with E-state index >= 15 is 0 Å². The Morgan fingerprint density at radius 2 is 1.78 bits per heavy atom. The zero-order chi connectivity index (χ0) is 27.1. The zero-order valence-corrected chi connectivity index (χ0v) is 22.1. The Kier molecular flexibility index (Phi) is 6.87. The number of carbonyl (C=O) groups is 4. The Hall–Kier alpha value is -3.69. The van der Waals surface area contributed by atoms with Crippen molar-refractivity contribution >= 4 is 29.5 Å². The van der Waals surface area contributed by atoms with Crippen molar-refractivity contribution in [3.63, 3.8) is 0 Å². The number of rotatable bonds is 4. The molecular formula is C27H34N4O6. The molecule has 2 saturated heterocycles.